The van der Waals surface area contributed by atoms with E-state index in [0.29, 0.717) is 0 Å². The van der Waals surface area contributed by atoms with Crippen molar-refractivity contribution in [3.05, 3.63) is 24.3 Å². The van der Waals surface area contributed by atoms with Crippen LogP contribution < -0.4 is 11.5 Å². The Morgan fingerprint density at radius 2 is 0.500 bits per heavy atom. The lowest BCUT2D eigenvalue weighted by Gasteiger charge is -1.99. The number of hydrogen-bond acceptors (Lipinski definition) is 2. The average Bonchev–Trinajstić information content (AvgIpc) is 2.93. The van der Waals surface area contributed by atoms with Crippen LogP contribution in [0.1, 0.15) is 194 Å². The number of nitrogens with two attached hydrogens (primary N) is 2. The van der Waals surface area contributed by atoms with Crippen molar-refractivity contribution in [1.82, 2.24) is 0 Å². The third-order valence-electron chi connectivity index (χ3n) is 7.43. The van der Waals surface area contributed by atoms with Gasteiger partial charge in [0, 0.05) is 0 Å². The van der Waals surface area contributed by atoms with Gasteiger partial charge >= 0.3 is 0 Å². The highest BCUT2D eigenvalue weighted by Gasteiger charge is 1.92. The van der Waals surface area contributed by atoms with Crippen molar-refractivity contribution < 1.29 is 0 Å². The number of allylic oxidation sites excluding steroid dienone is 4. The van der Waals surface area contributed by atoms with Crippen LogP contribution in [0, 0.1) is 0 Å². The fourth-order valence-electron chi connectivity index (χ4n) is 4.78. The number of unbranched alkanes of at least 4 members (excludes halogenated alkanes) is 24. The second-order valence-electron chi connectivity index (χ2n) is 11.5. The summed E-state index contributed by atoms with van der Waals surface area (Å²) in [6.07, 6.45) is 47.8. The van der Waals surface area contributed by atoms with Crippen LogP contribution >= 0.6 is 0 Å². The van der Waals surface area contributed by atoms with Crippen molar-refractivity contribution >= 4 is 0 Å². The highest BCUT2D eigenvalue weighted by molar-refractivity contribution is 4.82. The minimum absolute atomic E-state index is 0.862. The smallest absolute Gasteiger partial charge is 0.00773 e. The quantitative estimate of drug-likeness (QED) is 0.0711. The molecule has 0 aromatic heterocycles. The van der Waals surface area contributed by atoms with Gasteiger partial charge in [-0.3, -0.25) is 0 Å². The van der Waals surface area contributed by atoms with Crippen molar-refractivity contribution in [3.63, 3.8) is 0 Å². The molecule has 0 amide bonds. The fraction of sp³-hybridized carbons (Fsp3) is 0.889. The van der Waals surface area contributed by atoms with Crippen molar-refractivity contribution in [2.24, 2.45) is 11.5 Å². The van der Waals surface area contributed by atoms with Gasteiger partial charge in [-0.05, 0) is 77.3 Å². The van der Waals surface area contributed by atoms with E-state index in [1.54, 1.807) is 0 Å². The summed E-state index contributed by atoms with van der Waals surface area (Å²) in [6.45, 7) is 6.28. The van der Waals surface area contributed by atoms with Gasteiger partial charge in [0.1, 0.15) is 0 Å². The minimum Gasteiger partial charge on any atom is -0.330 e. The van der Waals surface area contributed by atoms with Crippen LogP contribution in [-0.4, -0.2) is 13.1 Å². The standard InChI is InChI=1S/2C18H37N/c2*1-2-3-4-5-6-7-8-9-10-11-12-13-14-15-16-17-18-19/h2*9-10H,2-8,11-19H2,1H3/b2*10-9-. The van der Waals surface area contributed by atoms with Gasteiger partial charge in [0.05, 0.1) is 0 Å². The number of hydrogen-bond donors (Lipinski definition) is 2. The monoisotopic (exact) mass is 535 g/mol. The molecular weight excluding hydrogens is 460 g/mol. The second kappa shape index (κ2) is 40.9. The fourth-order valence-corrected chi connectivity index (χ4v) is 4.78. The maximum atomic E-state index is 5.47. The van der Waals surface area contributed by atoms with Crippen LogP contribution in [0.4, 0.5) is 0 Å². The maximum absolute atomic E-state index is 5.47. The van der Waals surface area contributed by atoms with Gasteiger partial charge in [-0.1, -0.05) is 154 Å². The molecule has 0 aliphatic heterocycles. The Morgan fingerprint density at radius 3 is 0.737 bits per heavy atom. The molecule has 0 unspecified atom stereocenters. The van der Waals surface area contributed by atoms with Gasteiger partial charge in [0.2, 0.25) is 0 Å². The largest absolute Gasteiger partial charge is 0.330 e. The summed E-state index contributed by atoms with van der Waals surface area (Å²) in [5.41, 5.74) is 10.9. The molecule has 0 fully saturated rings. The summed E-state index contributed by atoms with van der Waals surface area (Å²) in [6, 6.07) is 0. The highest BCUT2D eigenvalue weighted by atomic mass is 14.5. The van der Waals surface area contributed by atoms with E-state index in [1.807, 2.05) is 0 Å². The van der Waals surface area contributed by atoms with E-state index < -0.39 is 0 Å². The first-order valence-corrected chi connectivity index (χ1v) is 17.5. The Kier molecular flexibility index (Phi) is 42.5. The summed E-state index contributed by atoms with van der Waals surface area (Å²) >= 11 is 0. The zero-order valence-electron chi connectivity index (χ0n) is 26.7. The molecule has 228 valence electrons. The molecular formula is C36H74N2. The third kappa shape index (κ3) is 42.5. The van der Waals surface area contributed by atoms with E-state index in [2.05, 4.69) is 38.2 Å². The number of rotatable bonds is 30. The van der Waals surface area contributed by atoms with Gasteiger partial charge in [0.25, 0.3) is 0 Å². The normalized spacial score (nSPS) is 11.5. The summed E-state index contributed by atoms with van der Waals surface area (Å²) < 4.78 is 0. The summed E-state index contributed by atoms with van der Waals surface area (Å²) in [5, 5.41) is 0. The Bertz CT molecular complexity index is 389. The molecule has 0 rings (SSSR count). The molecule has 2 heteroatoms. The third-order valence-corrected chi connectivity index (χ3v) is 7.43. The predicted molar refractivity (Wildman–Crippen MR) is 177 cm³/mol. The molecule has 0 radical (unpaired) electrons. The zero-order chi connectivity index (χ0) is 28.0. The highest BCUT2D eigenvalue weighted by Crippen LogP contribution is 2.11. The van der Waals surface area contributed by atoms with Crippen molar-refractivity contribution in [2.45, 2.75) is 194 Å². The van der Waals surface area contributed by atoms with Crippen LogP contribution in [0.15, 0.2) is 24.3 Å². The maximum Gasteiger partial charge on any atom is -0.00773 e. The molecule has 4 N–H and O–H groups in total. The molecule has 0 aliphatic carbocycles. The van der Waals surface area contributed by atoms with Crippen LogP contribution in [0.5, 0.6) is 0 Å². The molecule has 0 bridgehead atoms. The van der Waals surface area contributed by atoms with E-state index >= 15 is 0 Å². The molecule has 0 aromatic carbocycles. The lowest BCUT2D eigenvalue weighted by atomic mass is 10.1. The van der Waals surface area contributed by atoms with Gasteiger partial charge < -0.3 is 11.5 Å². The van der Waals surface area contributed by atoms with Crippen molar-refractivity contribution in [2.75, 3.05) is 13.1 Å². The first kappa shape index (κ1) is 39.5. The van der Waals surface area contributed by atoms with E-state index in [1.165, 1.54) is 180 Å². The van der Waals surface area contributed by atoms with Crippen LogP contribution in [0.3, 0.4) is 0 Å². The summed E-state index contributed by atoms with van der Waals surface area (Å²) in [5.74, 6) is 0. The molecule has 38 heavy (non-hydrogen) atoms. The summed E-state index contributed by atoms with van der Waals surface area (Å²) in [7, 11) is 0. The van der Waals surface area contributed by atoms with Crippen molar-refractivity contribution in [3.8, 4) is 0 Å². The molecule has 0 heterocycles. The topological polar surface area (TPSA) is 52.0 Å². The van der Waals surface area contributed by atoms with E-state index in [0.717, 1.165) is 13.1 Å². The molecule has 0 aliphatic rings. The second-order valence-corrected chi connectivity index (χ2v) is 11.5. The predicted octanol–water partition coefficient (Wildman–Crippen LogP) is 12.0. The molecule has 0 saturated carbocycles. The molecule has 0 aromatic rings. The van der Waals surface area contributed by atoms with Crippen molar-refractivity contribution in [1.29, 1.82) is 0 Å². The Hall–Kier alpha value is -0.600. The van der Waals surface area contributed by atoms with Gasteiger partial charge in [-0.15, -0.1) is 0 Å². The zero-order valence-corrected chi connectivity index (χ0v) is 26.7. The first-order chi connectivity index (χ1) is 18.8. The van der Waals surface area contributed by atoms with Gasteiger partial charge in [-0.2, -0.15) is 0 Å². The van der Waals surface area contributed by atoms with Crippen LogP contribution in [0.2, 0.25) is 0 Å². The Balaban J connectivity index is 0. The molecule has 0 atom stereocenters. The van der Waals surface area contributed by atoms with Gasteiger partial charge in [0.15, 0.2) is 0 Å². The first-order valence-electron chi connectivity index (χ1n) is 17.5. The molecule has 0 saturated heterocycles. The van der Waals surface area contributed by atoms with E-state index in [-0.39, 0.29) is 0 Å². The molecule has 2 nitrogen and oxygen atoms in total. The minimum atomic E-state index is 0.862. The van der Waals surface area contributed by atoms with E-state index in [4.69, 9.17) is 11.5 Å². The van der Waals surface area contributed by atoms with Crippen LogP contribution in [0.25, 0.3) is 0 Å². The molecule has 0 spiro atoms. The lowest BCUT2D eigenvalue weighted by molar-refractivity contribution is 0.599. The van der Waals surface area contributed by atoms with E-state index in [9.17, 15) is 0 Å². The average molecular weight is 535 g/mol. The van der Waals surface area contributed by atoms with Crippen LogP contribution in [-0.2, 0) is 0 Å². The SMILES string of the molecule is CCCCCCCC/C=C\CCCCCCCCN.CCCCCCCC/C=C\CCCCCCCCN. The summed E-state index contributed by atoms with van der Waals surface area (Å²) in [4.78, 5) is 0. The Morgan fingerprint density at radius 1 is 0.289 bits per heavy atom. The lowest BCUT2D eigenvalue weighted by Crippen LogP contribution is -1.97. The Labute approximate surface area is 242 Å². The van der Waals surface area contributed by atoms with Gasteiger partial charge in [-0.25, -0.2) is 0 Å².